The summed E-state index contributed by atoms with van der Waals surface area (Å²) in [4.78, 5) is 14.2. The summed E-state index contributed by atoms with van der Waals surface area (Å²) in [5.74, 6) is 0. The summed E-state index contributed by atoms with van der Waals surface area (Å²) in [6, 6.07) is 8.50. The van der Waals surface area contributed by atoms with E-state index in [9.17, 15) is 0 Å². The van der Waals surface area contributed by atoms with Crippen molar-refractivity contribution in [1.82, 2.24) is 4.98 Å². The molecule has 100 valence electrons. The molecule has 1 N–H and O–H groups in total. The second-order valence-electron chi connectivity index (χ2n) is 4.98. The number of thioether (sulfide) groups is 1. The van der Waals surface area contributed by atoms with Gasteiger partial charge in [-0.3, -0.25) is 4.79 Å². The summed E-state index contributed by atoms with van der Waals surface area (Å²) in [5.41, 5.74) is 1.10. The molecule has 0 bridgehead atoms. The summed E-state index contributed by atoms with van der Waals surface area (Å²) in [5, 5.41) is 8.18. The van der Waals surface area contributed by atoms with E-state index in [4.69, 9.17) is 9.90 Å². The van der Waals surface area contributed by atoms with Gasteiger partial charge in [-0.05, 0) is 0 Å². The van der Waals surface area contributed by atoms with Crippen molar-refractivity contribution >= 4 is 73.0 Å². The molecular weight excluding hydrogens is 349 g/mol. The van der Waals surface area contributed by atoms with E-state index in [1.54, 1.807) is 0 Å². The Balaban J connectivity index is 0.000000452. The van der Waals surface area contributed by atoms with Crippen LogP contribution < -0.4 is 0 Å². The Morgan fingerprint density at radius 2 is 2.10 bits per heavy atom. The molecule has 0 radical (unpaired) electrons. The normalized spacial score (nSPS) is 15.9. The van der Waals surface area contributed by atoms with Crippen LogP contribution >= 0.6 is 27.7 Å². The number of halogens is 1. The maximum atomic E-state index is 8.36. The first kappa shape index (κ1) is 16.3. The molecule has 1 saturated carbocycles. The van der Waals surface area contributed by atoms with Crippen LogP contribution in [0.2, 0.25) is 0 Å². The van der Waals surface area contributed by atoms with Crippen LogP contribution in [0.5, 0.6) is 0 Å². The number of carboxylic acid groups (broad SMARTS) is 1. The molecule has 1 aliphatic rings. The van der Waals surface area contributed by atoms with Crippen LogP contribution in [0.4, 0.5) is 0 Å². The molecule has 3 rings (SSSR count). The van der Waals surface area contributed by atoms with Gasteiger partial charge in [0.15, 0.2) is 0 Å². The van der Waals surface area contributed by atoms with Crippen molar-refractivity contribution in [2.45, 2.75) is 26.2 Å². The third-order valence-electron chi connectivity index (χ3n) is 3.43. The fourth-order valence-corrected chi connectivity index (χ4v) is 5.38. The van der Waals surface area contributed by atoms with E-state index in [0.29, 0.717) is 2.00 Å². The topological polar surface area (TPSA) is 50.2 Å². The van der Waals surface area contributed by atoms with Gasteiger partial charge in [0.05, 0.1) is 0 Å². The molecule has 1 aromatic heterocycles. The van der Waals surface area contributed by atoms with E-state index in [1.165, 1.54) is 57.5 Å². The molecule has 1 aliphatic carbocycles. The van der Waals surface area contributed by atoms with Gasteiger partial charge < -0.3 is 5.11 Å². The van der Waals surface area contributed by atoms with E-state index in [2.05, 4.69) is 56.9 Å². The SMILES string of the molecule is O=CO.[Na][C]1(Sc2ccnc3ccc(Br)cc23)CCC1. The average Bonchev–Trinajstić information content (AvgIpc) is 2.38. The van der Waals surface area contributed by atoms with Gasteiger partial charge in [0.1, 0.15) is 0 Å². The molecule has 0 saturated heterocycles. The van der Waals surface area contributed by atoms with Gasteiger partial charge in [0.2, 0.25) is 0 Å². The van der Waals surface area contributed by atoms with Gasteiger partial charge in [-0.2, -0.15) is 0 Å². The quantitative estimate of drug-likeness (QED) is 0.652. The maximum absolute atomic E-state index is 8.36. The van der Waals surface area contributed by atoms with E-state index in [0.717, 1.165) is 9.99 Å². The number of hydrogen-bond acceptors (Lipinski definition) is 3. The number of benzene rings is 1. The second-order valence-corrected chi connectivity index (χ2v) is 10.2. The van der Waals surface area contributed by atoms with Crippen LogP contribution in [0.1, 0.15) is 19.3 Å². The van der Waals surface area contributed by atoms with E-state index in [-0.39, 0.29) is 6.47 Å². The predicted octanol–water partition coefficient (Wildman–Crippen LogP) is 3.84. The Kier molecular flexibility index (Phi) is 5.93. The monoisotopic (exact) mass is 361 g/mol. The molecule has 1 aromatic carbocycles. The number of nitrogens with zero attached hydrogens (tertiary/aromatic N) is 1. The van der Waals surface area contributed by atoms with E-state index in [1.807, 2.05) is 6.20 Å². The van der Waals surface area contributed by atoms with Gasteiger partial charge in [-0.1, -0.05) is 0 Å². The summed E-state index contributed by atoms with van der Waals surface area (Å²) in [7, 11) is 0. The number of aromatic nitrogens is 1. The van der Waals surface area contributed by atoms with Crippen molar-refractivity contribution in [1.29, 1.82) is 0 Å². The summed E-state index contributed by atoms with van der Waals surface area (Å²) < 4.78 is 1.72. The number of pyridine rings is 1. The zero-order valence-electron chi connectivity index (χ0n) is 11.2. The first-order valence-electron chi connectivity index (χ1n) is 6.39. The first-order chi connectivity index (χ1) is 9.58. The molecule has 20 heavy (non-hydrogen) atoms. The van der Waals surface area contributed by atoms with Gasteiger partial charge in [-0.15, -0.1) is 0 Å². The predicted molar refractivity (Wildman–Crippen MR) is 86.3 cm³/mol. The second kappa shape index (κ2) is 7.27. The Morgan fingerprint density at radius 3 is 2.70 bits per heavy atom. The molecule has 0 atom stereocenters. The third kappa shape index (κ3) is 3.98. The first-order valence-corrected chi connectivity index (χ1v) is 9.00. The van der Waals surface area contributed by atoms with Gasteiger partial charge in [-0.25, -0.2) is 0 Å². The summed E-state index contributed by atoms with van der Waals surface area (Å²) in [6.45, 7) is -0.250. The fourth-order valence-electron chi connectivity index (χ4n) is 2.22. The Labute approximate surface area is 148 Å². The molecule has 1 heterocycles. The van der Waals surface area contributed by atoms with Crippen molar-refractivity contribution in [3.8, 4) is 0 Å². The average molecular weight is 362 g/mol. The van der Waals surface area contributed by atoms with Crippen LogP contribution in [-0.4, -0.2) is 46.5 Å². The molecular formula is C14H13BrNNaO2S. The summed E-state index contributed by atoms with van der Waals surface area (Å²) >= 11 is 6.90. The van der Waals surface area contributed by atoms with Crippen molar-refractivity contribution in [3.05, 3.63) is 34.9 Å². The molecule has 0 amide bonds. The molecule has 3 nitrogen and oxygen atoms in total. The van der Waals surface area contributed by atoms with Gasteiger partial charge in [0, 0.05) is 0 Å². The zero-order valence-corrected chi connectivity index (χ0v) is 15.6. The summed E-state index contributed by atoms with van der Waals surface area (Å²) in [6.07, 6.45) is 6.12. The molecule has 6 heteroatoms. The van der Waals surface area contributed by atoms with Crippen LogP contribution in [-0.2, 0) is 4.79 Å². The van der Waals surface area contributed by atoms with Crippen LogP contribution in [0, 0.1) is 0 Å². The molecule has 2 aromatic rings. The van der Waals surface area contributed by atoms with Crippen molar-refractivity contribution in [3.63, 3.8) is 0 Å². The van der Waals surface area contributed by atoms with Crippen LogP contribution in [0.15, 0.2) is 39.8 Å². The standard InChI is InChI=1S/C13H11BrNS.CH2O2.Na/c14-9-4-5-12-11(8-9)13(6-7-15-12)16-10-2-1-3-10;2-1-3;/h4-8H,1-3H2;1H,(H,2,3);. The molecule has 1 fully saturated rings. The number of fused-ring (bicyclic) bond motifs is 1. The number of rotatable bonds is 2. The van der Waals surface area contributed by atoms with E-state index < -0.39 is 0 Å². The zero-order chi connectivity index (χ0) is 14.6. The van der Waals surface area contributed by atoms with Crippen molar-refractivity contribution < 1.29 is 9.90 Å². The van der Waals surface area contributed by atoms with E-state index >= 15 is 0 Å². The Hall–Kier alpha value is -0.0700. The minimum atomic E-state index is -0.250. The molecule has 0 aliphatic heterocycles. The third-order valence-corrected chi connectivity index (χ3v) is 7.01. The van der Waals surface area contributed by atoms with Crippen molar-refractivity contribution in [2.75, 3.05) is 0 Å². The fraction of sp³-hybridized carbons (Fsp3) is 0.286. The van der Waals surface area contributed by atoms with Crippen molar-refractivity contribution in [2.24, 2.45) is 0 Å². The van der Waals surface area contributed by atoms with Crippen LogP contribution in [0.3, 0.4) is 0 Å². The molecule has 0 unspecified atom stereocenters. The Morgan fingerprint density at radius 1 is 1.40 bits per heavy atom. The van der Waals surface area contributed by atoms with Crippen LogP contribution in [0.25, 0.3) is 10.9 Å². The Bertz CT molecular complexity index is 619. The van der Waals surface area contributed by atoms with Gasteiger partial charge >= 0.3 is 133 Å². The number of carbonyl (C=O) groups is 1. The number of hydrogen-bond donors (Lipinski definition) is 1. The molecule has 0 spiro atoms. The minimum absolute atomic E-state index is 0.250. The van der Waals surface area contributed by atoms with Gasteiger partial charge in [0.25, 0.3) is 6.47 Å².